The standard InChI is InChI=1S/C18H26N2O5S/c1-12-9-14(26(19,24)25)10-15(13(12)2)20-16(21)11-18(17(22)23)7-5-3-4-6-8-18/h9-10H,3-8,11H2,1-2H3,(H,20,21)(H,22,23)(H2,19,24,25). The summed E-state index contributed by atoms with van der Waals surface area (Å²) < 4.78 is 23.2. The average molecular weight is 382 g/mol. The van der Waals surface area contributed by atoms with Gasteiger partial charge in [0.1, 0.15) is 0 Å². The molecule has 4 N–H and O–H groups in total. The molecular formula is C18H26N2O5S. The number of aryl methyl sites for hydroxylation is 1. The molecule has 0 saturated heterocycles. The van der Waals surface area contributed by atoms with Crippen molar-refractivity contribution >= 4 is 27.6 Å². The van der Waals surface area contributed by atoms with Crippen LogP contribution in [0.1, 0.15) is 56.1 Å². The number of sulfonamides is 1. The van der Waals surface area contributed by atoms with Crippen molar-refractivity contribution in [2.45, 2.75) is 63.7 Å². The van der Waals surface area contributed by atoms with Crippen LogP contribution in [-0.4, -0.2) is 25.4 Å². The highest BCUT2D eigenvalue weighted by Crippen LogP contribution is 2.39. The van der Waals surface area contributed by atoms with Crippen molar-refractivity contribution in [1.82, 2.24) is 0 Å². The first kappa shape index (κ1) is 20.4. The zero-order valence-electron chi connectivity index (χ0n) is 15.2. The van der Waals surface area contributed by atoms with Crippen molar-refractivity contribution in [3.63, 3.8) is 0 Å². The Balaban J connectivity index is 2.26. The van der Waals surface area contributed by atoms with Gasteiger partial charge in [0.2, 0.25) is 15.9 Å². The van der Waals surface area contributed by atoms with Crippen LogP contribution < -0.4 is 10.5 Å². The van der Waals surface area contributed by atoms with E-state index in [0.29, 0.717) is 24.1 Å². The van der Waals surface area contributed by atoms with Gasteiger partial charge in [0.25, 0.3) is 0 Å². The summed E-state index contributed by atoms with van der Waals surface area (Å²) in [5.74, 6) is -1.37. The van der Waals surface area contributed by atoms with Crippen LogP contribution in [0.4, 0.5) is 5.69 Å². The van der Waals surface area contributed by atoms with E-state index in [9.17, 15) is 23.1 Å². The number of benzene rings is 1. The van der Waals surface area contributed by atoms with Gasteiger partial charge in [0.05, 0.1) is 10.3 Å². The molecule has 2 rings (SSSR count). The number of anilines is 1. The highest BCUT2D eigenvalue weighted by molar-refractivity contribution is 7.89. The number of hydrogen-bond donors (Lipinski definition) is 3. The average Bonchev–Trinajstić information content (AvgIpc) is 2.77. The van der Waals surface area contributed by atoms with E-state index in [1.807, 2.05) is 0 Å². The number of amides is 1. The number of carboxylic acids is 1. The Morgan fingerprint density at radius 3 is 2.23 bits per heavy atom. The normalized spacial score (nSPS) is 17.3. The van der Waals surface area contributed by atoms with Crippen LogP contribution in [0.3, 0.4) is 0 Å². The van der Waals surface area contributed by atoms with Crippen molar-refractivity contribution in [3.8, 4) is 0 Å². The SMILES string of the molecule is Cc1cc(S(N)(=O)=O)cc(NC(=O)CC2(C(=O)O)CCCCCC2)c1C. The maximum Gasteiger partial charge on any atom is 0.310 e. The van der Waals surface area contributed by atoms with Gasteiger partial charge in [-0.1, -0.05) is 25.7 Å². The lowest BCUT2D eigenvalue weighted by molar-refractivity contribution is -0.152. The molecule has 0 bridgehead atoms. The Kier molecular flexibility index (Phi) is 6.08. The molecule has 1 aromatic carbocycles. The first-order valence-electron chi connectivity index (χ1n) is 8.72. The van der Waals surface area contributed by atoms with Crippen molar-refractivity contribution in [2.24, 2.45) is 10.6 Å². The van der Waals surface area contributed by atoms with Gasteiger partial charge in [-0.3, -0.25) is 9.59 Å². The lowest BCUT2D eigenvalue weighted by Crippen LogP contribution is -2.35. The maximum absolute atomic E-state index is 12.6. The number of nitrogens with two attached hydrogens (primary N) is 1. The first-order valence-corrected chi connectivity index (χ1v) is 10.3. The molecule has 1 amide bonds. The van der Waals surface area contributed by atoms with Gasteiger partial charge in [-0.2, -0.15) is 0 Å². The molecule has 1 aliphatic rings. The molecule has 0 atom stereocenters. The van der Waals surface area contributed by atoms with Crippen molar-refractivity contribution < 1.29 is 23.1 Å². The number of primary sulfonamides is 1. The first-order chi connectivity index (χ1) is 12.0. The smallest absolute Gasteiger partial charge is 0.310 e. The minimum atomic E-state index is -3.90. The Morgan fingerprint density at radius 2 is 1.73 bits per heavy atom. The van der Waals surface area contributed by atoms with E-state index in [1.54, 1.807) is 13.8 Å². The number of nitrogens with one attached hydrogen (secondary N) is 1. The maximum atomic E-state index is 12.6. The Labute approximate surface area is 154 Å². The van der Waals surface area contributed by atoms with E-state index in [0.717, 1.165) is 31.2 Å². The fourth-order valence-corrected chi connectivity index (χ4v) is 4.12. The van der Waals surface area contributed by atoms with Gasteiger partial charge < -0.3 is 10.4 Å². The van der Waals surface area contributed by atoms with Gasteiger partial charge in [-0.25, -0.2) is 13.6 Å². The molecule has 0 spiro atoms. The van der Waals surface area contributed by atoms with E-state index >= 15 is 0 Å². The Hall–Kier alpha value is -1.93. The summed E-state index contributed by atoms with van der Waals surface area (Å²) in [5, 5.41) is 17.6. The summed E-state index contributed by atoms with van der Waals surface area (Å²) in [4.78, 5) is 24.3. The number of rotatable bonds is 5. The van der Waals surface area contributed by atoms with Crippen LogP contribution in [0.25, 0.3) is 0 Å². The van der Waals surface area contributed by atoms with Gasteiger partial charge in [-0.05, 0) is 49.9 Å². The summed E-state index contributed by atoms with van der Waals surface area (Å²) in [5.41, 5.74) is 0.680. The van der Waals surface area contributed by atoms with Crippen molar-refractivity contribution in [2.75, 3.05) is 5.32 Å². The minimum absolute atomic E-state index is 0.0849. The quantitative estimate of drug-likeness (QED) is 0.675. The highest BCUT2D eigenvalue weighted by Gasteiger charge is 2.40. The molecule has 0 aliphatic heterocycles. The second-order valence-electron chi connectivity index (χ2n) is 7.18. The van der Waals surface area contributed by atoms with Crippen LogP contribution in [0, 0.1) is 19.3 Å². The second kappa shape index (κ2) is 7.75. The molecule has 7 nitrogen and oxygen atoms in total. The van der Waals surface area contributed by atoms with E-state index in [2.05, 4.69) is 5.32 Å². The second-order valence-corrected chi connectivity index (χ2v) is 8.74. The lowest BCUT2D eigenvalue weighted by atomic mass is 9.77. The largest absolute Gasteiger partial charge is 0.481 e. The van der Waals surface area contributed by atoms with E-state index in [-0.39, 0.29) is 11.3 Å². The van der Waals surface area contributed by atoms with E-state index in [1.165, 1.54) is 12.1 Å². The third kappa shape index (κ3) is 4.62. The molecule has 144 valence electrons. The van der Waals surface area contributed by atoms with E-state index < -0.39 is 27.3 Å². The monoisotopic (exact) mass is 382 g/mol. The third-order valence-corrected chi connectivity index (χ3v) is 6.15. The van der Waals surface area contributed by atoms with E-state index in [4.69, 9.17) is 5.14 Å². The number of carboxylic acid groups (broad SMARTS) is 1. The molecule has 26 heavy (non-hydrogen) atoms. The molecule has 0 radical (unpaired) electrons. The summed E-state index contributed by atoms with van der Waals surface area (Å²) in [6, 6.07) is 2.76. The lowest BCUT2D eigenvalue weighted by Gasteiger charge is -2.27. The summed E-state index contributed by atoms with van der Waals surface area (Å²) in [6.45, 7) is 3.49. The summed E-state index contributed by atoms with van der Waals surface area (Å²) in [7, 11) is -3.90. The van der Waals surface area contributed by atoms with Crippen LogP contribution >= 0.6 is 0 Å². The molecule has 1 aromatic rings. The fourth-order valence-electron chi connectivity index (χ4n) is 3.49. The molecule has 8 heteroatoms. The number of hydrogen-bond acceptors (Lipinski definition) is 4. The minimum Gasteiger partial charge on any atom is -0.481 e. The number of aliphatic carboxylic acids is 1. The molecule has 0 unspecified atom stereocenters. The van der Waals surface area contributed by atoms with Crippen molar-refractivity contribution in [1.29, 1.82) is 0 Å². The third-order valence-electron chi connectivity index (χ3n) is 5.26. The molecule has 0 heterocycles. The van der Waals surface area contributed by atoms with Gasteiger partial charge in [0.15, 0.2) is 0 Å². The predicted octanol–water partition coefficient (Wildman–Crippen LogP) is 2.70. The topological polar surface area (TPSA) is 127 Å². The Bertz CT molecular complexity index is 809. The van der Waals surface area contributed by atoms with Gasteiger partial charge in [-0.15, -0.1) is 0 Å². The highest BCUT2D eigenvalue weighted by atomic mass is 32.2. The summed E-state index contributed by atoms with van der Waals surface area (Å²) in [6.07, 6.45) is 4.37. The van der Waals surface area contributed by atoms with Gasteiger partial charge >= 0.3 is 5.97 Å². The van der Waals surface area contributed by atoms with Crippen LogP contribution in [0.5, 0.6) is 0 Å². The van der Waals surface area contributed by atoms with Crippen LogP contribution in [0.15, 0.2) is 17.0 Å². The number of carbonyl (C=O) groups excluding carboxylic acids is 1. The zero-order chi connectivity index (χ0) is 19.5. The zero-order valence-corrected chi connectivity index (χ0v) is 16.0. The molecular weight excluding hydrogens is 356 g/mol. The number of carbonyl (C=O) groups is 2. The Morgan fingerprint density at radius 1 is 1.15 bits per heavy atom. The van der Waals surface area contributed by atoms with Gasteiger partial charge in [0, 0.05) is 12.1 Å². The van der Waals surface area contributed by atoms with Crippen LogP contribution in [-0.2, 0) is 19.6 Å². The predicted molar refractivity (Wildman–Crippen MR) is 98.3 cm³/mol. The molecule has 1 fully saturated rings. The molecule has 1 aliphatic carbocycles. The molecule has 0 aromatic heterocycles. The fraction of sp³-hybridized carbons (Fsp3) is 0.556. The van der Waals surface area contributed by atoms with Crippen LogP contribution in [0.2, 0.25) is 0 Å². The molecule has 1 saturated carbocycles. The summed E-state index contributed by atoms with van der Waals surface area (Å²) >= 11 is 0. The van der Waals surface area contributed by atoms with Crippen molar-refractivity contribution in [3.05, 3.63) is 23.3 Å².